The smallest absolute Gasteiger partial charge is 0.220 e. The van der Waals surface area contributed by atoms with Gasteiger partial charge in [-0.05, 0) is 32.1 Å². The normalized spacial score (nSPS) is 27.3. The predicted molar refractivity (Wildman–Crippen MR) is 374 cm³/mol. The van der Waals surface area contributed by atoms with Crippen molar-refractivity contribution in [2.75, 3.05) is 26.4 Å². The van der Waals surface area contributed by atoms with E-state index >= 15 is 0 Å². The lowest BCUT2D eigenvalue weighted by Gasteiger charge is -2.48. The molecule has 3 rings (SSSR count). The highest BCUT2D eigenvalue weighted by atomic mass is 16.8. The van der Waals surface area contributed by atoms with Crippen LogP contribution in [0.4, 0.5) is 0 Å². The molecule has 3 saturated heterocycles. The number of hydrogen-bond donors (Lipinski definition) is 12. The number of aliphatic hydroxyl groups is 11. The van der Waals surface area contributed by atoms with Crippen LogP contribution in [0.2, 0.25) is 0 Å². The van der Waals surface area contributed by atoms with Crippen molar-refractivity contribution in [3.63, 3.8) is 0 Å². The summed E-state index contributed by atoms with van der Waals surface area (Å²) >= 11 is 0. The van der Waals surface area contributed by atoms with E-state index in [0.717, 1.165) is 38.5 Å². The standard InChI is InChI=1S/C76H143NO18/c1-3-5-7-9-11-13-15-17-19-21-23-25-27-29-30-31-33-35-37-39-41-43-45-47-49-51-53-60(81)59(77-64(82)54-52-50-48-46-44-42-40-38-36-34-32-28-26-24-22-20-18-16-14-12-10-8-6-4-2)58-90-74-70(88)67(85)72(62(56-79)92-74)95-76-71(89)68(86)73(63(57-80)93-76)94-75-69(87)66(84)65(83)61(55-78)91-75/h43,45,51,53,59-63,65-76,78-81,83-89H,3-42,44,46-50,52,54-58H2,1-2H3,(H,77,82)/b45-43+,53-51+. The Morgan fingerprint density at radius 1 is 0.368 bits per heavy atom. The lowest BCUT2D eigenvalue weighted by atomic mass is 9.96. The van der Waals surface area contributed by atoms with Gasteiger partial charge in [-0.15, -0.1) is 0 Å². The summed E-state index contributed by atoms with van der Waals surface area (Å²) in [6.45, 7) is 1.77. The molecule has 0 radical (unpaired) electrons. The summed E-state index contributed by atoms with van der Waals surface area (Å²) in [7, 11) is 0. The van der Waals surface area contributed by atoms with E-state index in [2.05, 4.69) is 31.3 Å². The summed E-state index contributed by atoms with van der Waals surface area (Å²) in [4.78, 5) is 13.5. The lowest BCUT2D eigenvalue weighted by Crippen LogP contribution is -2.66. The van der Waals surface area contributed by atoms with Crippen molar-refractivity contribution < 1.29 is 89.4 Å². The van der Waals surface area contributed by atoms with Crippen molar-refractivity contribution in [1.82, 2.24) is 5.32 Å². The van der Waals surface area contributed by atoms with Gasteiger partial charge < -0.3 is 89.9 Å². The number of hydrogen-bond acceptors (Lipinski definition) is 18. The zero-order valence-electron chi connectivity index (χ0n) is 59.7. The molecule has 3 aliphatic rings. The fourth-order valence-electron chi connectivity index (χ4n) is 13.4. The van der Waals surface area contributed by atoms with Gasteiger partial charge in [-0.25, -0.2) is 0 Å². The van der Waals surface area contributed by atoms with Crippen molar-refractivity contribution in [3.8, 4) is 0 Å². The minimum Gasteiger partial charge on any atom is -0.394 e. The molecule has 1 amide bonds. The Labute approximate surface area is 575 Å². The van der Waals surface area contributed by atoms with Gasteiger partial charge in [0.25, 0.3) is 0 Å². The second-order valence-corrected chi connectivity index (χ2v) is 28.2. The summed E-state index contributed by atoms with van der Waals surface area (Å²) in [5, 5.41) is 121. The number of carbonyl (C=O) groups is 1. The molecule has 0 bridgehead atoms. The second-order valence-electron chi connectivity index (χ2n) is 28.2. The van der Waals surface area contributed by atoms with Gasteiger partial charge in [0.1, 0.15) is 73.2 Å². The first-order valence-electron chi connectivity index (χ1n) is 39.1. The van der Waals surface area contributed by atoms with Crippen LogP contribution in [0.5, 0.6) is 0 Å². The molecule has 3 heterocycles. The lowest BCUT2D eigenvalue weighted by molar-refractivity contribution is -0.379. The number of ether oxygens (including phenoxy) is 6. The minimum atomic E-state index is -1.98. The van der Waals surface area contributed by atoms with Crippen LogP contribution in [-0.2, 0) is 33.2 Å². The molecule has 0 saturated carbocycles. The predicted octanol–water partition coefficient (Wildman–Crippen LogP) is 12.2. The molecule has 19 nitrogen and oxygen atoms in total. The third kappa shape index (κ3) is 38.8. The van der Waals surface area contributed by atoms with Crippen molar-refractivity contribution >= 4 is 5.91 Å². The van der Waals surface area contributed by atoms with E-state index in [0.29, 0.717) is 12.8 Å². The highest BCUT2D eigenvalue weighted by Crippen LogP contribution is 2.33. The van der Waals surface area contributed by atoms with Gasteiger partial charge in [-0.1, -0.05) is 308 Å². The number of aliphatic hydroxyl groups excluding tert-OH is 11. The number of rotatable bonds is 62. The molecule has 0 aromatic heterocycles. The van der Waals surface area contributed by atoms with Crippen molar-refractivity contribution in [2.45, 2.75) is 426 Å². The van der Waals surface area contributed by atoms with Crippen molar-refractivity contribution in [1.29, 1.82) is 0 Å². The summed E-state index contributed by atoms with van der Waals surface area (Å²) in [5.74, 6) is -0.278. The van der Waals surface area contributed by atoms with Gasteiger partial charge >= 0.3 is 0 Å². The second kappa shape index (κ2) is 57.8. The average Bonchev–Trinajstić information content (AvgIpc) is 0.787. The third-order valence-corrected chi connectivity index (χ3v) is 19.8. The fourth-order valence-corrected chi connectivity index (χ4v) is 13.4. The van der Waals surface area contributed by atoms with Crippen molar-refractivity contribution in [3.05, 3.63) is 24.3 Å². The molecular weight excluding hydrogens is 1210 g/mol. The zero-order chi connectivity index (χ0) is 68.9. The van der Waals surface area contributed by atoms with Crippen LogP contribution in [0.25, 0.3) is 0 Å². The Morgan fingerprint density at radius 3 is 1.05 bits per heavy atom. The highest BCUT2D eigenvalue weighted by molar-refractivity contribution is 5.76. The van der Waals surface area contributed by atoms with E-state index in [-0.39, 0.29) is 18.9 Å². The van der Waals surface area contributed by atoms with Crippen LogP contribution in [0.1, 0.15) is 322 Å². The Hall–Kier alpha value is -1.73. The maximum absolute atomic E-state index is 13.5. The van der Waals surface area contributed by atoms with Gasteiger partial charge in [-0.2, -0.15) is 0 Å². The fraction of sp³-hybridized carbons (Fsp3) is 0.934. The molecule has 560 valence electrons. The number of allylic oxidation sites excluding steroid dienone is 3. The van der Waals surface area contributed by atoms with Gasteiger partial charge in [0.05, 0.1) is 38.6 Å². The average molecular weight is 1360 g/mol. The number of carbonyl (C=O) groups excluding carboxylic acids is 1. The summed E-state index contributed by atoms with van der Waals surface area (Å²) in [6.07, 6.45) is 41.7. The van der Waals surface area contributed by atoms with Gasteiger partial charge in [0, 0.05) is 6.42 Å². The Morgan fingerprint density at radius 2 is 0.674 bits per heavy atom. The molecule has 3 aliphatic heterocycles. The molecule has 19 heteroatoms. The van der Waals surface area contributed by atoms with Gasteiger partial charge in [0.2, 0.25) is 5.91 Å². The van der Waals surface area contributed by atoms with Crippen LogP contribution in [0, 0.1) is 0 Å². The molecule has 0 aliphatic carbocycles. The molecule has 3 fully saturated rings. The van der Waals surface area contributed by atoms with Crippen LogP contribution in [0.15, 0.2) is 24.3 Å². The first-order valence-corrected chi connectivity index (χ1v) is 39.1. The van der Waals surface area contributed by atoms with Gasteiger partial charge in [0.15, 0.2) is 18.9 Å². The van der Waals surface area contributed by atoms with Crippen LogP contribution >= 0.6 is 0 Å². The van der Waals surface area contributed by atoms with Crippen LogP contribution in [-0.4, -0.2) is 193 Å². The quantitative estimate of drug-likeness (QED) is 0.0199. The van der Waals surface area contributed by atoms with Crippen LogP contribution in [0.3, 0.4) is 0 Å². The minimum absolute atomic E-state index is 0.241. The monoisotopic (exact) mass is 1360 g/mol. The van der Waals surface area contributed by atoms with Crippen LogP contribution < -0.4 is 5.32 Å². The molecule has 17 atom stereocenters. The molecule has 0 aromatic carbocycles. The first-order chi connectivity index (χ1) is 46.3. The Kier molecular flexibility index (Phi) is 53.3. The SMILES string of the molecule is CCCCCCCCCCCCCCCCCCCCCC/C=C/CC/C=C/C(O)C(COC1OC(CO)C(OC2OC(CO)C(OC3OC(CO)C(O)C(O)C3O)C(O)C2O)C(O)C1O)NC(=O)CCCCCCCCCCCCCCCCCCCCCCCCCC. The zero-order valence-corrected chi connectivity index (χ0v) is 59.7. The summed E-state index contributed by atoms with van der Waals surface area (Å²) in [6, 6.07) is -0.988. The molecule has 0 spiro atoms. The molecule has 0 aromatic rings. The molecular formula is C76H143NO18. The van der Waals surface area contributed by atoms with Crippen molar-refractivity contribution in [2.24, 2.45) is 0 Å². The Bertz CT molecular complexity index is 1810. The molecule has 17 unspecified atom stereocenters. The van der Waals surface area contributed by atoms with E-state index in [1.807, 2.05) is 6.08 Å². The summed E-state index contributed by atoms with van der Waals surface area (Å²) in [5.41, 5.74) is 0. The number of amides is 1. The third-order valence-electron chi connectivity index (χ3n) is 19.8. The number of nitrogens with one attached hydrogen (secondary N) is 1. The first kappa shape index (κ1) is 87.5. The van der Waals surface area contributed by atoms with E-state index in [4.69, 9.17) is 28.4 Å². The topological polar surface area (TPSA) is 307 Å². The maximum atomic E-state index is 13.5. The van der Waals surface area contributed by atoms with Gasteiger partial charge in [-0.3, -0.25) is 4.79 Å². The summed E-state index contributed by atoms with van der Waals surface area (Å²) < 4.78 is 34.4. The highest BCUT2D eigenvalue weighted by Gasteiger charge is 2.53. The number of unbranched alkanes of at least 4 members (excludes halogenated alkanes) is 44. The van der Waals surface area contributed by atoms with E-state index in [9.17, 15) is 61.0 Å². The molecule has 12 N–H and O–H groups in total. The maximum Gasteiger partial charge on any atom is 0.220 e. The van der Waals surface area contributed by atoms with E-state index in [1.54, 1.807) is 6.08 Å². The Balaban J connectivity index is 1.41. The van der Waals surface area contributed by atoms with E-state index in [1.165, 1.54) is 250 Å². The molecule has 95 heavy (non-hydrogen) atoms. The van der Waals surface area contributed by atoms with E-state index < -0.39 is 124 Å². The largest absolute Gasteiger partial charge is 0.394 e.